The van der Waals surface area contributed by atoms with Gasteiger partial charge in [-0.3, -0.25) is 0 Å². The number of nitrogens with two attached hydrogens (primary N) is 1. The fourth-order valence-electron chi connectivity index (χ4n) is 1.20. The number of hydrogen-bond acceptors (Lipinski definition) is 6. The van der Waals surface area contributed by atoms with Gasteiger partial charge in [-0.05, 0) is 19.3 Å². The molecule has 16 heavy (non-hydrogen) atoms. The van der Waals surface area contributed by atoms with Crippen molar-refractivity contribution in [1.29, 1.82) is 5.26 Å². The maximum absolute atomic E-state index is 8.88. The van der Waals surface area contributed by atoms with Crippen LogP contribution in [0.15, 0.2) is 9.64 Å². The Kier molecular flexibility index (Phi) is 4.77. The Morgan fingerprint density at radius 2 is 2.31 bits per heavy atom. The highest BCUT2D eigenvalue weighted by molar-refractivity contribution is 7.99. The molecule has 88 valence electrons. The molecule has 0 spiro atoms. The summed E-state index contributed by atoms with van der Waals surface area (Å²) in [5.41, 5.74) is 5.17. The van der Waals surface area contributed by atoms with Gasteiger partial charge >= 0.3 is 0 Å². The molecule has 1 heterocycles. The van der Waals surface area contributed by atoms with Gasteiger partial charge in [0.25, 0.3) is 5.22 Å². The number of nitriles is 1. The molecule has 2 N–H and O–H groups in total. The van der Waals surface area contributed by atoms with E-state index in [1.807, 2.05) is 6.92 Å². The highest BCUT2D eigenvalue weighted by Crippen LogP contribution is 2.20. The minimum atomic E-state index is -0.689. The van der Waals surface area contributed by atoms with Crippen LogP contribution in [0.5, 0.6) is 0 Å². The molecule has 6 heteroatoms. The number of hydrogen-bond donors (Lipinski definition) is 1. The normalized spacial score (nSPS) is 14.4. The van der Waals surface area contributed by atoms with Gasteiger partial charge in [-0.15, -0.1) is 10.2 Å². The maximum atomic E-state index is 8.88. The Hall–Kier alpha value is -1.06. The van der Waals surface area contributed by atoms with Crippen molar-refractivity contribution in [3.8, 4) is 6.07 Å². The molecule has 0 amide bonds. The summed E-state index contributed by atoms with van der Waals surface area (Å²) in [6, 6.07) is 2.15. The van der Waals surface area contributed by atoms with E-state index in [0.29, 0.717) is 24.0 Å². The van der Waals surface area contributed by atoms with Crippen molar-refractivity contribution < 1.29 is 4.42 Å². The summed E-state index contributed by atoms with van der Waals surface area (Å²) < 4.78 is 5.21. The lowest BCUT2D eigenvalue weighted by Crippen LogP contribution is -2.37. The van der Waals surface area contributed by atoms with E-state index in [0.717, 1.165) is 12.2 Å². The molecule has 0 fully saturated rings. The van der Waals surface area contributed by atoms with Gasteiger partial charge in [0.2, 0.25) is 5.89 Å². The van der Waals surface area contributed by atoms with Gasteiger partial charge in [0.15, 0.2) is 0 Å². The lowest BCUT2D eigenvalue weighted by molar-refractivity contribution is 0.428. The van der Waals surface area contributed by atoms with Gasteiger partial charge in [-0.1, -0.05) is 18.7 Å². The van der Waals surface area contributed by atoms with Gasteiger partial charge < -0.3 is 10.2 Å². The van der Waals surface area contributed by atoms with E-state index < -0.39 is 5.54 Å². The second kappa shape index (κ2) is 5.87. The van der Waals surface area contributed by atoms with Crippen molar-refractivity contribution in [2.24, 2.45) is 5.73 Å². The predicted octanol–water partition coefficient (Wildman–Crippen LogP) is 1.88. The van der Waals surface area contributed by atoms with Crippen LogP contribution in [0.1, 0.15) is 32.1 Å². The third-order valence-corrected chi connectivity index (χ3v) is 3.26. The van der Waals surface area contributed by atoms with E-state index >= 15 is 0 Å². The Morgan fingerprint density at radius 3 is 2.81 bits per heavy atom. The zero-order valence-electron chi connectivity index (χ0n) is 9.56. The van der Waals surface area contributed by atoms with Crippen molar-refractivity contribution in [3.63, 3.8) is 0 Å². The summed E-state index contributed by atoms with van der Waals surface area (Å²) in [5, 5.41) is 17.1. The molecular formula is C10H16N4OS. The molecule has 0 aliphatic heterocycles. The molecular weight excluding hydrogens is 224 g/mol. The molecule has 0 radical (unpaired) electrons. The zero-order valence-corrected chi connectivity index (χ0v) is 10.4. The molecule has 1 aromatic heterocycles. The Labute approximate surface area is 99.4 Å². The molecule has 5 nitrogen and oxygen atoms in total. The van der Waals surface area contributed by atoms with E-state index in [1.165, 1.54) is 11.8 Å². The summed E-state index contributed by atoms with van der Waals surface area (Å²) in [7, 11) is 0. The smallest absolute Gasteiger partial charge is 0.276 e. The molecule has 1 atom stereocenters. The first-order valence-corrected chi connectivity index (χ1v) is 6.21. The molecule has 0 aromatic carbocycles. The van der Waals surface area contributed by atoms with Crippen molar-refractivity contribution in [2.45, 2.75) is 43.9 Å². The lowest BCUT2D eigenvalue weighted by Gasteiger charge is -2.18. The van der Waals surface area contributed by atoms with Crippen LogP contribution in [-0.4, -0.2) is 21.5 Å². The average molecular weight is 240 g/mol. The van der Waals surface area contributed by atoms with E-state index in [2.05, 4.69) is 16.3 Å². The van der Waals surface area contributed by atoms with Crippen molar-refractivity contribution >= 4 is 11.8 Å². The molecule has 1 unspecified atom stereocenters. The van der Waals surface area contributed by atoms with Crippen molar-refractivity contribution in [3.05, 3.63) is 5.89 Å². The van der Waals surface area contributed by atoms with E-state index in [-0.39, 0.29) is 0 Å². The minimum absolute atomic E-state index is 0.571. The summed E-state index contributed by atoms with van der Waals surface area (Å²) in [4.78, 5) is 0. The molecule has 0 bridgehead atoms. The van der Waals surface area contributed by atoms with Crippen LogP contribution in [-0.2, 0) is 0 Å². The van der Waals surface area contributed by atoms with Gasteiger partial charge in [0, 0.05) is 12.7 Å². The second-order valence-electron chi connectivity index (χ2n) is 3.66. The summed E-state index contributed by atoms with van der Waals surface area (Å²) in [6.45, 7) is 3.69. The maximum Gasteiger partial charge on any atom is 0.276 e. The first-order valence-electron chi connectivity index (χ1n) is 5.22. The van der Waals surface area contributed by atoms with Crippen molar-refractivity contribution in [1.82, 2.24) is 10.2 Å². The lowest BCUT2D eigenvalue weighted by atomic mass is 9.94. The van der Waals surface area contributed by atoms with Gasteiger partial charge in [-0.2, -0.15) is 5.26 Å². The quantitative estimate of drug-likeness (QED) is 0.603. The van der Waals surface area contributed by atoms with Crippen molar-refractivity contribution in [2.75, 3.05) is 5.75 Å². The molecule has 1 rings (SSSR count). The summed E-state index contributed by atoms with van der Waals surface area (Å²) in [5.74, 6) is 1.41. The van der Waals surface area contributed by atoms with Gasteiger partial charge in [0.1, 0.15) is 5.54 Å². The van der Waals surface area contributed by atoms with Crippen LogP contribution in [0.4, 0.5) is 0 Å². The number of aromatic nitrogens is 2. The first-order chi connectivity index (χ1) is 7.59. The number of aryl methyl sites for hydroxylation is 1. The number of nitrogens with zero attached hydrogens (tertiary/aromatic N) is 3. The Morgan fingerprint density at radius 1 is 1.56 bits per heavy atom. The topological polar surface area (TPSA) is 88.7 Å². The van der Waals surface area contributed by atoms with Crippen LogP contribution < -0.4 is 5.73 Å². The Balaban J connectivity index is 2.24. The second-order valence-corrected chi connectivity index (χ2v) is 4.71. The number of rotatable bonds is 6. The standard InChI is InChI=1S/C10H16N4OS/c1-3-10(12,7-11)5-4-6-16-9-14-13-8(2)15-9/h3-6,12H2,1-2H3. The van der Waals surface area contributed by atoms with E-state index in [9.17, 15) is 0 Å². The highest BCUT2D eigenvalue weighted by Gasteiger charge is 2.21. The fraction of sp³-hybridized carbons (Fsp3) is 0.700. The molecule has 0 saturated heterocycles. The van der Waals surface area contributed by atoms with Crippen LogP contribution in [0.3, 0.4) is 0 Å². The third-order valence-electron chi connectivity index (χ3n) is 2.35. The monoisotopic (exact) mass is 240 g/mol. The molecule has 0 aliphatic carbocycles. The zero-order chi connectivity index (χ0) is 12.0. The number of thioether (sulfide) groups is 1. The van der Waals surface area contributed by atoms with Crippen LogP contribution in [0.2, 0.25) is 0 Å². The largest absolute Gasteiger partial charge is 0.416 e. The Bertz CT molecular complexity index is 373. The predicted molar refractivity (Wildman–Crippen MR) is 61.8 cm³/mol. The molecule has 1 aromatic rings. The summed E-state index contributed by atoms with van der Waals surface area (Å²) in [6.07, 6.45) is 2.23. The van der Waals surface area contributed by atoms with Crippen LogP contribution >= 0.6 is 11.8 Å². The minimum Gasteiger partial charge on any atom is -0.416 e. The van der Waals surface area contributed by atoms with Gasteiger partial charge in [0.05, 0.1) is 6.07 Å². The highest BCUT2D eigenvalue weighted by atomic mass is 32.2. The summed E-state index contributed by atoms with van der Waals surface area (Å²) >= 11 is 1.50. The SMILES string of the molecule is CCC(N)(C#N)CCCSc1nnc(C)o1. The third kappa shape index (κ3) is 3.83. The van der Waals surface area contributed by atoms with Gasteiger partial charge in [-0.25, -0.2) is 0 Å². The molecule has 0 aliphatic rings. The molecule has 0 saturated carbocycles. The average Bonchev–Trinajstić information content (AvgIpc) is 2.70. The first kappa shape index (κ1) is 13.0. The van der Waals surface area contributed by atoms with E-state index in [4.69, 9.17) is 15.4 Å². The van der Waals surface area contributed by atoms with Crippen LogP contribution in [0, 0.1) is 18.3 Å². The fourth-order valence-corrected chi connectivity index (χ4v) is 1.94. The van der Waals surface area contributed by atoms with E-state index in [1.54, 1.807) is 6.92 Å². The van der Waals surface area contributed by atoms with Crippen LogP contribution in [0.25, 0.3) is 0 Å².